The molecule has 2 aromatic rings. The molecule has 6 nitrogen and oxygen atoms in total. The van der Waals surface area contributed by atoms with E-state index in [-0.39, 0.29) is 18.3 Å². The zero-order valence-corrected chi connectivity index (χ0v) is 10.3. The molecule has 0 aliphatic carbocycles. The van der Waals surface area contributed by atoms with E-state index >= 15 is 0 Å². The zero-order chi connectivity index (χ0) is 13.7. The van der Waals surface area contributed by atoms with E-state index < -0.39 is 0 Å². The van der Waals surface area contributed by atoms with Crippen LogP contribution in [-0.2, 0) is 11.3 Å². The van der Waals surface area contributed by atoms with E-state index in [0.29, 0.717) is 18.1 Å². The maximum absolute atomic E-state index is 12.7. The summed E-state index contributed by atoms with van der Waals surface area (Å²) in [5.74, 6) is 0.488. The van der Waals surface area contributed by atoms with Gasteiger partial charge in [0.25, 0.3) is 5.91 Å². The number of carbonyl (C=O) groups is 1. The monoisotopic (exact) mass is 264 g/mol. The number of hydrogen-bond donors (Lipinski definition) is 1. The summed E-state index contributed by atoms with van der Waals surface area (Å²) in [6, 6.07) is 5.49. The Labute approximate surface area is 109 Å². The molecular formula is C12H13FN4O2. The van der Waals surface area contributed by atoms with Crippen molar-refractivity contribution < 1.29 is 13.9 Å². The summed E-state index contributed by atoms with van der Waals surface area (Å²) in [4.78, 5) is 17.2. The molecule has 2 rings (SSSR count). The van der Waals surface area contributed by atoms with E-state index in [4.69, 9.17) is 4.74 Å². The molecule has 0 aliphatic heterocycles. The Hall–Kier alpha value is -2.44. The quantitative estimate of drug-likeness (QED) is 0.874. The van der Waals surface area contributed by atoms with Crippen molar-refractivity contribution in [3.8, 4) is 5.75 Å². The van der Waals surface area contributed by atoms with Crippen LogP contribution in [0, 0.1) is 5.82 Å². The van der Waals surface area contributed by atoms with E-state index in [1.807, 2.05) is 0 Å². The van der Waals surface area contributed by atoms with Crippen molar-refractivity contribution in [3.63, 3.8) is 0 Å². The Balaban J connectivity index is 1.82. The van der Waals surface area contributed by atoms with Gasteiger partial charge in [-0.15, -0.1) is 0 Å². The second-order valence-electron chi connectivity index (χ2n) is 3.92. The van der Waals surface area contributed by atoms with Gasteiger partial charge in [-0.2, -0.15) is 5.10 Å². The molecule has 0 atom stereocenters. The predicted molar refractivity (Wildman–Crippen MR) is 64.8 cm³/mol. The highest BCUT2D eigenvalue weighted by molar-refractivity contribution is 5.77. The highest BCUT2D eigenvalue weighted by Gasteiger charge is 2.11. The first-order chi connectivity index (χ1) is 9.15. The molecule has 19 heavy (non-hydrogen) atoms. The first kappa shape index (κ1) is 13.0. The molecule has 0 saturated carbocycles. The van der Waals surface area contributed by atoms with Gasteiger partial charge in [-0.25, -0.2) is 9.37 Å². The van der Waals surface area contributed by atoms with Gasteiger partial charge in [-0.05, 0) is 24.3 Å². The second-order valence-corrected chi connectivity index (χ2v) is 3.92. The number of carbonyl (C=O) groups excluding carboxylic acids is 1. The molecule has 1 amide bonds. The van der Waals surface area contributed by atoms with E-state index in [1.165, 1.54) is 35.5 Å². The van der Waals surface area contributed by atoms with Crippen molar-refractivity contribution in [1.29, 1.82) is 0 Å². The molecule has 0 aliphatic rings. The number of halogens is 1. The molecule has 100 valence electrons. The lowest BCUT2D eigenvalue weighted by atomic mass is 10.3. The number of rotatable bonds is 5. The minimum atomic E-state index is -0.346. The molecule has 0 saturated heterocycles. The topological polar surface area (TPSA) is 71.1 Å². The molecule has 0 unspecified atom stereocenters. The number of amides is 1. The van der Waals surface area contributed by atoms with Gasteiger partial charge in [0.15, 0.2) is 6.61 Å². The highest BCUT2D eigenvalue weighted by atomic mass is 19.1. The van der Waals surface area contributed by atoms with Crippen molar-refractivity contribution in [2.24, 2.45) is 0 Å². The normalized spacial score (nSPS) is 10.2. The predicted octanol–water partition coefficient (Wildman–Crippen LogP) is 0.981. The third-order valence-electron chi connectivity index (χ3n) is 2.45. The van der Waals surface area contributed by atoms with Gasteiger partial charge in [0.05, 0.1) is 6.54 Å². The Kier molecular flexibility index (Phi) is 4.07. The van der Waals surface area contributed by atoms with Crippen molar-refractivity contribution in [1.82, 2.24) is 20.1 Å². The summed E-state index contributed by atoms with van der Waals surface area (Å²) in [5, 5.41) is 6.36. The molecule has 0 bridgehead atoms. The molecule has 1 aromatic carbocycles. The number of benzene rings is 1. The van der Waals surface area contributed by atoms with Crippen LogP contribution in [0.2, 0.25) is 0 Å². The SMILES string of the molecule is CN(Cc1ncn[nH]1)C(=O)COc1ccc(F)cc1. The van der Waals surface area contributed by atoms with Gasteiger partial charge in [0.2, 0.25) is 0 Å². The first-order valence-corrected chi connectivity index (χ1v) is 5.62. The third kappa shape index (κ3) is 3.77. The number of hydrogen-bond acceptors (Lipinski definition) is 4. The zero-order valence-electron chi connectivity index (χ0n) is 10.3. The average Bonchev–Trinajstić information content (AvgIpc) is 2.90. The van der Waals surface area contributed by atoms with Crippen molar-refractivity contribution in [3.05, 3.63) is 42.2 Å². The van der Waals surface area contributed by atoms with Crippen LogP contribution in [0.3, 0.4) is 0 Å². The van der Waals surface area contributed by atoms with Crippen LogP contribution in [0.1, 0.15) is 5.82 Å². The lowest BCUT2D eigenvalue weighted by molar-refractivity contribution is -0.132. The molecule has 7 heteroatoms. The molecule has 1 heterocycles. The van der Waals surface area contributed by atoms with Crippen molar-refractivity contribution >= 4 is 5.91 Å². The number of aromatic amines is 1. The summed E-state index contributed by atoms with van der Waals surface area (Å²) < 4.78 is 17.9. The van der Waals surface area contributed by atoms with Crippen molar-refractivity contribution in [2.45, 2.75) is 6.54 Å². The minimum Gasteiger partial charge on any atom is -0.484 e. The molecule has 0 fully saturated rings. The van der Waals surface area contributed by atoms with Gasteiger partial charge >= 0.3 is 0 Å². The summed E-state index contributed by atoms with van der Waals surface area (Å²) in [5.41, 5.74) is 0. The summed E-state index contributed by atoms with van der Waals surface area (Å²) in [6.07, 6.45) is 1.38. The van der Waals surface area contributed by atoms with Crippen LogP contribution in [0.15, 0.2) is 30.6 Å². The van der Waals surface area contributed by atoms with Gasteiger partial charge in [0.1, 0.15) is 23.7 Å². The molecule has 0 spiro atoms. The number of H-pyrrole nitrogens is 1. The van der Waals surface area contributed by atoms with Crippen LogP contribution in [0.25, 0.3) is 0 Å². The molecular weight excluding hydrogens is 251 g/mol. The van der Waals surface area contributed by atoms with Crippen LogP contribution < -0.4 is 4.74 Å². The van der Waals surface area contributed by atoms with E-state index in [1.54, 1.807) is 7.05 Å². The van der Waals surface area contributed by atoms with Crippen LogP contribution in [-0.4, -0.2) is 39.6 Å². The first-order valence-electron chi connectivity index (χ1n) is 5.62. The van der Waals surface area contributed by atoms with Crippen LogP contribution in [0.5, 0.6) is 5.75 Å². The maximum Gasteiger partial charge on any atom is 0.260 e. The number of nitrogens with zero attached hydrogens (tertiary/aromatic N) is 3. The Morgan fingerprint density at radius 2 is 2.16 bits per heavy atom. The highest BCUT2D eigenvalue weighted by Crippen LogP contribution is 2.11. The molecule has 1 N–H and O–H groups in total. The number of aromatic nitrogens is 3. The largest absolute Gasteiger partial charge is 0.484 e. The average molecular weight is 264 g/mol. The smallest absolute Gasteiger partial charge is 0.260 e. The standard InChI is InChI=1S/C12H13FN4O2/c1-17(6-11-14-8-15-16-11)12(18)7-19-10-4-2-9(13)3-5-10/h2-5,8H,6-7H2,1H3,(H,14,15,16). The molecule has 1 aromatic heterocycles. The van der Waals surface area contributed by atoms with E-state index in [9.17, 15) is 9.18 Å². The van der Waals surface area contributed by atoms with Crippen LogP contribution in [0.4, 0.5) is 4.39 Å². The summed E-state index contributed by atoms with van der Waals surface area (Å²) >= 11 is 0. The fourth-order valence-electron chi connectivity index (χ4n) is 1.41. The Morgan fingerprint density at radius 1 is 1.42 bits per heavy atom. The minimum absolute atomic E-state index is 0.115. The third-order valence-corrected chi connectivity index (χ3v) is 2.45. The summed E-state index contributed by atoms with van der Waals surface area (Å²) in [6.45, 7) is 0.210. The van der Waals surface area contributed by atoms with Gasteiger partial charge < -0.3 is 9.64 Å². The van der Waals surface area contributed by atoms with Gasteiger partial charge in [0, 0.05) is 7.05 Å². The van der Waals surface area contributed by atoms with E-state index in [0.717, 1.165) is 0 Å². The number of likely N-dealkylation sites (N-methyl/N-ethyl adjacent to an activating group) is 1. The van der Waals surface area contributed by atoms with Gasteiger partial charge in [-0.3, -0.25) is 9.89 Å². The van der Waals surface area contributed by atoms with E-state index in [2.05, 4.69) is 15.2 Å². The van der Waals surface area contributed by atoms with Crippen LogP contribution >= 0.6 is 0 Å². The summed E-state index contributed by atoms with van der Waals surface area (Å²) in [7, 11) is 1.64. The fraction of sp³-hybridized carbons (Fsp3) is 0.250. The molecule has 0 radical (unpaired) electrons. The lowest BCUT2D eigenvalue weighted by Gasteiger charge is -2.15. The Morgan fingerprint density at radius 3 is 2.79 bits per heavy atom. The van der Waals surface area contributed by atoms with Crippen molar-refractivity contribution in [2.75, 3.05) is 13.7 Å². The number of ether oxygens (including phenoxy) is 1. The lowest BCUT2D eigenvalue weighted by Crippen LogP contribution is -2.31. The maximum atomic E-state index is 12.7. The van der Waals surface area contributed by atoms with Gasteiger partial charge in [-0.1, -0.05) is 0 Å². The fourth-order valence-corrected chi connectivity index (χ4v) is 1.41. The Bertz CT molecular complexity index is 527. The number of nitrogens with one attached hydrogen (secondary N) is 1. The second kappa shape index (κ2) is 5.94.